The average Bonchev–Trinajstić information content (AvgIpc) is 3.05. The Balaban J connectivity index is 1.48. The van der Waals surface area contributed by atoms with Crippen LogP contribution in [0.3, 0.4) is 0 Å². The average molecular weight is 628 g/mol. The summed E-state index contributed by atoms with van der Waals surface area (Å²) in [4.78, 5) is 41.9. The number of methoxy groups -OCH3 is 6. The van der Waals surface area contributed by atoms with E-state index in [4.69, 9.17) is 37.9 Å². The van der Waals surface area contributed by atoms with Gasteiger partial charge in [-0.3, -0.25) is 14.5 Å². The maximum atomic E-state index is 13.6. The second-order valence-electron chi connectivity index (χ2n) is 11.5. The van der Waals surface area contributed by atoms with Crippen molar-refractivity contribution < 1.29 is 52.3 Å². The largest absolute Gasteiger partial charge is 0.493 e. The fourth-order valence-corrected chi connectivity index (χ4v) is 7.36. The first kappa shape index (κ1) is 32.2. The Morgan fingerprint density at radius 1 is 0.778 bits per heavy atom. The lowest BCUT2D eigenvalue weighted by atomic mass is 9.63. The van der Waals surface area contributed by atoms with Crippen molar-refractivity contribution in [2.24, 2.45) is 17.8 Å². The minimum absolute atomic E-state index is 0.0123. The molecule has 2 heterocycles. The van der Waals surface area contributed by atoms with Crippen LogP contribution in [-0.2, 0) is 30.2 Å². The zero-order valence-corrected chi connectivity index (χ0v) is 26.7. The second-order valence-corrected chi connectivity index (χ2v) is 11.5. The molecule has 2 fully saturated rings. The highest BCUT2D eigenvalue weighted by Gasteiger charge is 2.55. The number of ether oxygens (including phenoxy) is 8. The number of nitrogens with zero attached hydrogens (tertiary/aromatic N) is 1. The number of esters is 3. The van der Waals surface area contributed by atoms with Gasteiger partial charge in [-0.25, -0.2) is 4.79 Å². The first-order valence-electron chi connectivity index (χ1n) is 14.9. The van der Waals surface area contributed by atoms with Crippen LogP contribution in [0, 0.1) is 17.8 Å². The maximum absolute atomic E-state index is 13.6. The molecule has 1 saturated carbocycles. The van der Waals surface area contributed by atoms with E-state index >= 15 is 0 Å². The molecule has 5 rings (SSSR count). The SMILES string of the molecule is COC(=O)[C@H]1[C@H]2C[C@H]3c4cc(OC)c(OC)cc4CCN3C[C@H]2C[C@H](OC(=O)c2cc(OC)c(OC)c(OC)c2)[C@H]1OC(C)=O. The van der Waals surface area contributed by atoms with Crippen molar-refractivity contribution in [3.8, 4) is 28.7 Å². The van der Waals surface area contributed by atoms with Crippen molar-refractivity contribution in [1.82, 2.24) is 4.90 Å². The predicted molar refractivity (Wildman–Crippen MR) is 160 cm³/mol. The summed E-state index contributed by atoms with van der Waals surface area (Å²) < 4.78 is 44.5. The van der Waals surface area contributed by atoms with Crippen molar-refractivity contribution in [2.45, 2.75) is 44.4 Å². The highest BCUT2D eigenvalue weighted by Crippen LogP contribution is 2.51. The molecule has 0 unspecified atom stereocenters. The molecule has 6 atom stereocenters. The molecule has 1 saturated heterocycles. The van der Waals surface area contributed by atoms with E-state index in [1.54, 1.807) is 14.2 Å². The number of fused-ring (bicyclic) bond motifs is 4. The minimum atomic E-state index is -1.04. The fraction of sp³-hybridized carbons (Fsp3) is 0.545. The third-order valence-corrected chi connectivity index (χ3v) is 9.33. The van der Waals surface area contributed by atoms with Crippen molar-refractivity contribution in [3.63, 3.8) is 0 Å². The molecule has 3 aliphatic rings. The molecular formula is C33H41NO11. The molecule has 2 aliphatic heterocycles. The third kappa shape index (κ3) is 6.07. The monoisotopic (exact) mass is 627 g/mol. The number of piperidine rings is 1. The van der Waals surface area contributed by atoms with Crippen molar-refractivity contribution in [2.75, 3.05) is 55.7 Å². The molecule has 0 amide bonds. The first-order valence-corrected chi connectivity index (χ1v) is 14.9. The number of carbonyl (C=O) groups is 3. The van der Waals surface area contributed by atoms with Crippen LogP contribution >= 0.6 is 0 Å². The van der Waals surface area contributed by atoms with E-state index in [1.165, 1.54) is 53.1 Å². The number of hydrogen-bond acceptors (Lipinski definition) is 12. The summed E-state index contributed by atoms with van der Waals surface area (Å²) >= 11 is 0. The smallest absolute Gasteiger partial charge is 0.338 e. The lowest BCUT2D eigenvalue weighted by Gasteiger charge is -2.53. The van der Waals surface area contributed by atoms with E-state index in [2.05, 4.69) is 4.90 Å². The summed E-state index contributed by atoms with van der Waals surface area (Å²) in [5, 5.41) is 0. The molecule has 45 heavy (non-hydrogen) atoms. The first-order chi connectivity index (χ1) is 21.7. The summed E-state index contributed by atoms with van der Waals surface area (Å²) in [7, 11) is 8.92. The number of hydrogen-bond donors (Lipinski definition) is 0. The molecule has 0 spiro atoms. The molecular weight excluding hydrogens is 586 g/mol. The van der Waals surface area contributed by atoms with E-state index in [1.807, 2.05) is 12.1 Å². The van der Waals surface area contributed by atoms with E-state index in [0.717, 1.165) is 18.5 Å². The molecule has 2 aromatic carbocycles. The summed E-state index contributed by atoms with van der Waals surface area (Å²) in [6, 6.07) is 7.04. The van der Waals surface area contributed by atoms with Gasteiger partial charge >= 0.3 is 17.9 Å². The van der Waals surface area contributed by atoms with Gasteiger partial charge in [-0.15, -0.1) is 0 Å². The zero-order valence-electron chi connectivity index (χ0n) is 26.7. The van der Waals surface area contributed by atoms with Gasteiger partial charge in [0.2, 0.25) is 5.75 Å². The Kier molecular flexibility index (Phi) is 9.62. The molecule has 12 heteroatoms. The highest BCUT2D eigenvalue weighted by molar-refractivity contribution is 5.91. The van der Waals surface area contributed by atoms with Crippen molar-refractivity contribution >= 4 is 17.9 Å². The molecule has 12 nitrogen and oxygen atoms in total. The summed E-state index contributed by atoms with van der Waals surface area (Å²) in [6.45, 7) is 2.77. The Morgan fingerprint density at radius 3 is 2.00 bits per heavy atom. The van der Waals surface area contributed by atoms with Crippen LogP contribution < -0.4 is 23.7 Å². The fourth-order valence-electron chi connectivity index (χ4n) is 7.36. The molecule has 0 N–H and O–H groups in total. The minimum Gasteiger partial charge on any atom is -0.493 e. The normalized spacial score (nSPS) is 25.4. The van der Waals surface area contributed by atoms with Gasteiger partial charge < -0.3 is 37.9 Å². The van der Waals surface area contributed by atoms with Crippen LogP contribution in [0.15, 0.2) is 24.3 Å². The van der Waals surface area contributed by atoms with Gasteiger partial charge in [0.05, 0.1) is 48.2 Å². The molecule has 0 radical (unpaired) electrons. The van der Waals surface area contributed by atoms with Gasteiger partial charge in [0, 0.05) is 26.1 Å². The summed E-state index contributed by atoms with van der Waals surface area (Å²) in [5.74, 6) is -0.626. The Morgan fingerprint density at radius 2 is 1.42 bits per heavy atom. The Bertz CT molecular complexity index is 1420. The topological polar surface area (TPSA) is 128 Å². The quantitative estimate of drug-likeness (QED) is 0.298. The van der Waals surface area contributed by atoms with Gasteiger partial charge in [-0.2, -0.15) is 0 Å². The van der Waals surface area contributed by atoms with Crippen LogP contribution in [0.2, 0.25) is 0 Å². The maximum Gasteiger partial charge on any atom is 0.338 e. The van der Waals surface area contributed by atoms with Crippen LogP contribution in [0.25, 0.3) is 0 Å². The van der Waals surface area contributed by atoms with Gasteiger partial charge in [0.15, 0.2) is 29.1 Å². The second kappa shape index (κ2) is 13.4. The van der Waals surface area contributed by atoms with Crippen LogP contribution in [0.5, 0.6) is 28.7 Å². The summed E-state index contributed by atoms with van der Waals surface area (Å²) in [5.41, 5.74) is 2.45. The third-order valence-electron chi connectivity index (χ3n) is 9.33. The number of carbonyl (C=O) groups excluding carboxylic acids is 3. The predicted octanol–water partition coefficient (Wildman–Crippen LogP) is 3.62. The van der Waals surface area contributed by atoms with Crippen LogP contribution in [0.1, 0.15) is 47.3 Å². The van der Waals surface area contributed by atoms with E-state index in [-0.39, 0.29) is 34.9 Å². The lowest BCUT2D eigenvalue weighted by Crippen LogP contribution is -2.58. The number of rotatable bonds is 9. The molecule has 0 aromatic heterocycles. The highest BCUT2D eigenvalue weighted by atomic mass is 16.6. The van der Waals surface area contributed by atoms with E-state index in [9.17, 15) is 14.4 Å². The molecule has 2 aromatic rings. The van der Waals surface area contributed by atoms with Gasteiger partial charge in [-0.1, -0.05) is 0 Å². The lowest BCUT2D eigenvalue weighted by molar-refractivity contribution is -0.186. The molecule has 1 aliphatic carbocycles. The van der Waals surface area contributed by atoms with Crippen LogP contribution in [-0.4, -0.2) is 90.8 Å². The molecule has 0 bridgehead atoms. The van der Waals surface area contributed by atoms with Crippen LogP contribution in [0.4, 0.5) is 0 Å². The summed E-state index contributed by atoms with van der Waals surface area (Å²) in [6.07, 6.45) is -0.0856. The van der Waals surface area contributed by atoms with Gasteiger partial charge in [-0.05, 0) is 66.5 Å². The van der Waals surface area contributed by atoms with Gasteiger partial charge in [0.25, 0.3) is 0 Å². The van der Waals surface area contributed by atoms with E-state index < -0.39 is 36.0 Å². The Hall–Kier alpha value is -4.19. The molecule has 244 valence electrons. The zero-order chi connectivity index (χ0) is 32.4. The number of benzene rings is 2. The Labute approximate surface area is 262 Å². The van der Waals surface area contributed by atoms with Crippen molar-refractivity contribution in [3.05, 3.63) is 41.0 Å². The van der Waals surface area contributed by atoms with E-state index in [0.29, 0.717) is 36.6 Å². The van der Waals surface area contributed by atoms with Crippen molar-refractivity contribution in [1.29, 1.82) is 0 Å². The standard InChI is InChI=1S/C33H41NO11/c1-17(35)44-31-28(45-32(36)19-11-26(40-4)30(42-6)27(12-19)41-5)13-20-16-34-9-8-18-10-24(38-2)25(39-3)15-21(18)23(34)14-22(20)29(31)33(37)43-7/h10-12,15,20,22-23,28-29,31H,8-9,13-14,16H2,1-7H3/t20-,22+,23+,28+,29+,31-/m1/s1. The van der Waals surface area contributed by atoms with Gasteiger partial charge in [0.1, 0.15) is 12.0 Å².